The Morgan fingerprint density at radius 3 is 2.21 bits per heavy atom. The molecule has 0 bridgehead atoms. The Bertz CT molecular complexity index is 1450. The lowest BCUT2D eigenvalue weighted by molar-refractivity contribution is -0.115. The lowest BCUT2D eigenvalue weighted by Crippen LogP contribution is -2.20. The van der Waals surface area contributed by atoms with Crippen molar-refractivity contribution in [1.82, 2.24) is 0 Å². The first-order valence-electron chi connectivity index (χ1n) is 12.0. The minimum atomic E-state index is -0.551. The maximum absolute atomic E-state index is 13.6. The number of ether oxygens (including phenoxy) is 2. The Hall–Kier alpha value is -3.72. The number of anilines is 3. The molecule has 0 saturated carbocycles. The second-order valence-corrected chi connectivity index (χ2v) is 10.6. The van der Waals surface area contributed by atoms with Crippen molar-refractivity contribution in [3.05, 3.63) is 107 Å². The number of rotatable bonds is 9. The maximum Gasteiger partial charge on any atom is 0.242 e. The third-order valence-corrected chi connectivity index (χ3v) is 7.48. The first kappa shape index (κ1) is 28.3. The SMILES string of the molecule is COc1cc(OC)c(NC(=O)C(Sc2cccc(NC(=S)Nc3ccc(C)cc3)c2)c2ccccc2)cc1Cl. The van der Waals surface area contributed by atoms with E-state index in [0.717, 1.165) is 21.8 Å². The molecule has 0 heterocycles. The zero-order chi connectivity index (χ0) is 27.8. The number of halogens is 1. The predicted molar refractivity (Wildman–Crippen MR) is 166 cm³/mol. The van der Waals surface area contributed by atoms with Crippen molar-refractivity contribution >= 4 is 63.7 Å². The van der Waals surface area contributed by atoms with Gasteiger partial charge in [-0.25, -0.2) is 0 Å². The van der Waals surface area contributed by atoms with Gasteiger partial charge in [0.1, 0.15) is 16.7 Å². The third-order valence-electron chi connectivity index (χ3n) is 5.73. The van der Waals surface area contributed by atoms with Gasteiger partial charge < -0.3 is 25.4 Å². The Morgan fingerprint density at radius 1 is 0.821 bits per heavy atom. The minimum Gasteiger partial charge on any atom is -0.495 e. The largest absolute Gasteiger partial charge is 0.495 e. The number of methoxy groups -OCH3 is 2. The van der Waals surface area contributed by atoms with E-state index in [1.807, 2.05) is 85.8 Å². The van der Waals surface area contributed by atoms with Crippen LogP contribution in [0.25, 0.3) is 0 Å². The normalized spacial score (nSPS) is 11.3. The number of carbonyl (C=O) groups is 1. The van der Waals surface area contributed by atoms with E-state index in [-0.39, 0.29) is 5.91 Å². The zero-order valence-electron chi connectivity index (χ0n) is 21.7. The molecule has 0 radical (unpaired) electrons. The van der Waals surface area contributed by atoms with Gasteiger partial charge in [0, 0.05) is 22.3 Å². The van der Waals surface area contributed by atoms with E-state index in [9.17, 15) is 4.79 Å². The molecule has 0 saturated heterocycles. The molecular formula is C30H28ClN3O3S2. The van der Waals surface area contributed by atoms with E-state index in [0.29, 0.717) is 27.3 Å². The van der Waals surface area contributed by atoms with Crippen LogP contribution in [0.3, 0.4) is 0 Å². The summed E-state index contributed by atoms with van der Waals surface area (Å²) in [7, 11) is 3.05. The van der Waals surface area contributed by atoms with Gasteiger partial charge in [-0.1, -0.05) is 65.7 Å². The summed E-state index contributed by atoms with van der Waals surface area (Å²) in [4.78, 5) is 14.5. The van der Waals surface area contributed by atoms with Crippen molar-refractivity contribution < 1.29 is 14.3 Å². The standard InChI is InChI=1S/C30H28ClN3O3S2/c1-19-12-14-21(15-13-19)32-30(38)33-22-10-7-11-23(16-22)39-28(20-8-5-4-6-9-20)29(35)34-25-17-24(31)26(36-2)18-27(25)37-3/h4-18,28H,1-3H3,(H,34,35)(H2,32,33,38). The summed E-state index contributed by atoms with van der Waals surface area (Å²) in [6.45, 7) is 2.04. The average Bonchev–Trinajstić information content (AvgIpc) is 2.94. The van der Waals surface area contributed by atoms with E-state index in [2.05, 4.69) is 16.0 Å². The number of hydrogen-bond acceptors (Lipinski definition) is 5. The summed E-state index contributed by atoms with van der Waals surface area (Å²) in [5.74, 6) is 0.683. The second-order valence-electron chi connectivity index (χ2n) is 8.56. The van der Waals surface area contributed by atoms with Crippen LogP contribution >= 0.6 is 35.6 Å². The lowest BCUT2D eigenvalue weighted by atomic mass is 10.1. The number of carbonyl (C=O) groups excluding carboxylic acids is 1. The first-order valence-corrected chi connectivity index (χ1v) is 13.7. The number of amides is 1. The van der Waals surface area contributed by atoms with Crippen LogP contribution < -0.4 is 25.4 Å². The van der Waals surface area contributed by atoms with Crippen molar-refractivity contribution in [3.63, 3.8) is 0 Å². The quantitative estimate of drug-likeness (QED) is 0.138. The molecule has 4 rings (SSSR count). The molecule has 1 unspecified atom stereocenters. The van der Waals surface area contributed by atoms with Crippen LogP contribution in [0.5, 0.6) is 11.5 Å². The van der Waals surface area contributed by atoms with Gasteiger partial charge in [-0.15, -0.1) is 11.8 Å². The Balaban J connectivity index is 1.53. The highest BCUT2D eigenvalue weighted by atomic mass is 35.5. The molecule has 0 aliphatic rings. The molecule has 1 amide bonds. The van der Waals surface area contributed by atoms with Crippen LogP contribution in [0.4, 0.5) is 17.1 Å². The molecule has 4 aromatic carbocycles. The van der Waals surface area contributed by atoms with Crippen LogP contribution in [0, 0.1) is 6.92 Å². The van der Waals surface area contributed by atoms with E-state index in [1.165, 1.54) is 31.5 Å². The Morgan fingerprint density at radius 2 is 1.51 bits per heavy atom. The van der Waals surface area contributed by atoms with E-state index in [4.69, 9.17) is 33.3 Å². The molecule has 0 spiro atoms. The molecule has 6 nitrogen and oxygen atoms in total. The van der Waals surface area contributed by atoms with Gasteiger partial charge in [0.15, 0.2) is 5.11 Å². The topological polar surface area (TPSA) is 71.6 Å². The fourth-order valence-electron chi connectivity index (χ4n) is 3.77. The number of thiocarbonyl (C=S) groups is 1. The lowest BCUT2D eigenvalue weighted by Gasteiger charge is -2.19. The number of benzene rings is 4. The van der Waals surface area contributed by atoms with E-state index < -0.39 is 5.25 Å². The molecule has 0 aromatic heterocycles. The monoisotopic (exact) mass is 577 g/mol. The van der Waals surface area contributed by atoms with Gasteiger partial charge in [-0.05, 0) is 61.1 Å². The molecule has 3 N–H and O–H groups in total. The van der Waals surface area contributed by atoms with Crippen LogP contribution in [-0.4, -0.2) is 25.2 Å². The van der Waals surface area contributed by atoms with Crippen LogP contribution in [0.1, 0.15) is 16.4 Å². The van der Waals surface area contributed by atoms with Crippen molar-refractivity contribution in [1.29, 1.82) is 0 Å². The number of aryl methyl sites for hydroxylation is 1. The fraction of sp³-hybridized carbons (Fsp3) is 0.133. The number of hydrogen-bond donors (Lipinski definition) is 3. The fourth-order valence-corrected chi connectivity index (χ4v) is 5.33. The molecule has 9 heteroatoms. The highest BCUT2D eigenvalue weighted by Gasteiger charge is 2.24. The van der Waals surface area contributed by atoms with Gasteiger partial charge in [-0.3, -0.25) is 4.79 Å². The first-order chi connectivity index (χ1) is 18.9. The molecule has 200 valence electrons. The van der Waals surface area contributed by atoms with Crippen LogP contribution in [0.15, 0.2) is 95.9 Å². The van der Waals surface area contributed by atoms with Crippen molar-refractivity contribution in [2.24, 2.45) is 0 Å². The molecule has 1 atom stereocenters. The average molecular weight is 578 g/mol. The highest BCUT2D eigenvalue weighted by Crippen LogP contribution is 2.40. The van der Waals surface area contributed by atoms with Gasteiger partial charge in [0.2, 0.25) is 5.91 Å². The summed E-state index contributed by atoms with van der Waals surface area (Å²) in [6.07, 6.45) is 0. The van der Waals surface area contributed by atoms with Crippen molar-refractivity contribution in [2.75, 3.05) is 30.2 Å². The van der Waals surface area contributed by atoms with Gasteiger partial charge in [-0.2, -0.15) is 0 Å². The summed E-state index contributed by atoms with van der Waals surface area (Å²) < 4.78 is 10.7. The van der Waals surface area contributed by atoms with Crippen molar-refractivity contribution in [2.45, 2.75) is 17.1 Å². The molecule has 0 aliphatic heterocycles. The third kappa shape index (κ3) is 7.66. The van der Waals surface area contributed by atoms with E-state index in [1.54, 1.807) is 12.1 Å². The van der Waals surface area contributed by atoms with Crippen LogP contribution in [0.2, 0.25) is 5.02 Å². The van der Waals surface area contributed by atoms with Crippen molar-refractivity contribution in [3.8, 4) is 11.5 Å². The molecule has 0 fully saturated rings. The van der Waals surface area contributed by atoms with Gasteiger partial charge in [0.25, 0.3) is 0 Å². The number of nitrogens with one attached hydrogen (secondary N) is 3. The smallest absolute Gasteiger partial charge is 0.242 e. The summed E-state index contributed by atoms with van der Waals surface area (Å²) in [5, 5.41) is 9.68. The molecular weight excluding hydrogens is 550 g/mol. The van der Waals surface area contributed by atoms with E-state index >= 15 is 0 Å². The Kier molecular flexibility index (Phi) is 9.70. The Labute approximate surface area is 243 Å². The van der Waals surface area contributed by atoms with Gasteiger partial charge >= 0.3 is 0 Å². The van der Waals surface area contributed by atoms with Gasteiger partial charge in [0.05, 0.1) is 24.9 Å². The molecule has 0 aliphatic carbocycles. The summed E-state index contributed by atoms with van der Waals surface area (Å²) in [6, 6.07) is 28.6. The maximum atomic E-state index is 13.6. The predicted octanol–water partition coefficient (Wildman–Crippen LogP) is 7.95. The molecule has 39 heavy (non-hydrogen) atoms. The zero-order valence-corrected chi connectivity index (χ0v) is 24.0. The minimum absolute atomic E-state index is 0.222. The summed E-state index contributed by atoms with van der Waals surface area (Å²) in [5.41, 5.74) is 4.19. The number of thioether (sulfide) groups is 1. The molecule has 4 aromatic rings. The van der Waals surface area contributed by atoms with Crippen LogP contribution in [-0.2, 0) is 4.79 Å². The summed E-state index contributed by atoms with van der Waals surface area (Å²) >= 11 is 13.3. The highest BCUT2D eigenvalue weighted by molar-refractivity contribution is 8.00. The second kappa shape index (κ2) is 13.4.